The van der Waals surface area contributed by atoms with Gasteiger partial charge >= 0.3 is 11.9 Å². The van der Waals surface area contributed by atoms with Crippen LogP contribution < -0.4 is 5.32 Å². The summed E-state index contributed by atoms with van der Waals surface area (Å²) >= 11 is 0. The number of nitrogens with one attached hydrogen (secondary N) is 1. The van der Waals surface area contributed by atoms with E-state index in [2.05, 4.69) is 12.2 Å². The van der Waals surface area contributed by atoms with Gasteiger partial charge in [0.25, 0.3) is 0 Å². The maximum absolute atomic E-state index is 9.10. The first-order chi connectivity index (χ1) is 7.56. The van der Waals surface area contributed by atoms with Crippen molar-refractivity contribution < 1.29 is 19.8 Å². The predicted octanol–water partition coefficient (Wildman–Crippen LogP) is 1.72. The van der Waals surface area contributed by atoms with E-state index in [0.29, 0.717) is 0 Å². The zero-order valence-corrected chi connectivity index (χ0v) is 10.2. The van der Waals surface area contributed by atoms with Crippen molar-refractivity contribution in [1.82, 2.24) is 5.32 Å². The van der Waals surface area contributed by atoms with Crippen LogP contribution in [0, 0.1) is 0 Å². The highest BCUT2D eigenvalue weighted by molar-refractivity contribution is 6.27. The molecule has 0 saturated carbocycles. The largest absolute Gasteiger partial charge is 0.473 e. The molecule has 0 aliphatic carbocycles. The van der Waals surface area contributed by atoms with Crippen LogP contribution >= 0.6 is 0 Å². The lowest BCUT2D eigenvalue weighted by Crippen LogP contribution is -2.09. The lowest BCUT2D eigenvalue weighted by molar-refractivity contribution is -0.159. The molecule has 0 aliphatic heterocycles. The zero-order valence-electron chi connectivity index (χ0n) is 10.2. The van der Waals surface area contributed by atoms with Gasteiger partial charge in [-0.25, -0.2) is 9.59 Å². The number of aliphatic carboxylic acids is 2. The Kier molecular flexibility index (Phi) is 15.0. The number of rotatable bonds is 7. The summed E-state index contributed by atoms with van der Waals surface area (Å²) in [7, 11) is 2.02. The van der Waals surface area contributed by atoms with Gasteiger partial charge in [-0.1, -0.05) is 39.0 Å². The van der Waals surface area contributed by atoms with Crippen LogP contribution in [0.2, 0.25) is 0 Å². The fraction of sp³-hybridized carbons (Fsp3) is 0.818. The number of hydrogen-bond acceptors (Lipinski definition) is 3. The number of carboxylic acids is 2. The average molecular weight is 233 g/mol. The van der Waals surface area contributed by atoms with E-state index in [4.69, 9.17) is 19.8 Å². The van der Waals surface area contributed by atoms with Crippen molar-refractivity contribution in [3.05, 3.63) is 0 Å². The first-order valence-electron chi connectivity index (χ1n) is 5.67. The van der Waals surface area contributed by atoms with E-state index in [0.717, 1.165) is 0 Å². The molecule has 0 fully saturated rings. The Morgan fingerprint density at radius 1 is 0.938 bits per heavy atom. The standard InChI is InChI=1S/C9H21N.C2H2O4/c1-3-4-5-6-7-8-9-10-2;3-1(4)2(5)6/h10H,3-9H2,1-2H3;(H,3,4)(H,5,6). The third kappa shape index (κ3) is 18.6. The van der Waals surface area contributed by atoms with Crippen molar-refractivity contribution in [1.29, 1.82) is 0 Å². The van der Waals surface area contributed by atoms with Gasteiger partial charge in [0, 0.05) is 0 Å². The molecule has 0 bridgehead atoms. The van der Waals surface area contributed by atoms with E-state index in [9.17, 15) is 0 Å². The van der Waals surface area contributed by atoms with Crippen molar-refractivity contribution >= 4 is 11.9 Å². The predicted molar refractivity (Wildman–Crippen MR) is 62.6 cm³/mol. The second-order valence-electron chi connectivity index (χ2n) is 3.48. The number of unbranched alkanes of at least 4 members (excludes halogenated alkanes) is 5. The molecule has 0 spiro atoms. The lowest BCUT2D eigenvalue weighted by atomic mass is 10.1. The Balaban J connectivity index is 0. The summed E-state index contributed by atoms with van der Waals surface area (Å²) < 4.78 is 0. The molecule has 0 radical (unpaired) electrons. The molecular formula is C11H23NO4. The maximum atomic E-state index is 9.10. The van der Waals surface area contributed by atoms with Crippen LogP contribution in [-0.4, -0.2) is 35.7 Å². The quantitative estimate of drug-likeness (QED) is 0.460. The van der Waals surface area contributed by atoms with Crippen molar-refractivity contribution in [3.8, 4) is 0 Å². The minimum Gasteiger partial charge on any atom is -0.473 e. The van der Waals surface area contributed by atoms with Gasteiger partial charge in [0.05, 0.1) is 0 Å². The second-order valence-corrected chi connectivity index (χ2v) is 3.48. The molecule has 0 rings (SSSR count). The summed E-state index contributed by atoms with van der Waals surface area (Å²) in [6.07, 6.45) is 8.38. The average Bonchev–Trinajstić information content (AvgIpc) is 2.24. The van der Waals surface area contributed by atoms with E-state index in [1.54, 1.807) is 0 Å². The summed E-state index contributed by atoms with van der Waals surface area (Å²) in [4.78, 5) is 18.2. The summed E-state index contributed by atoms with van der Waals surface area (Å²) in [6, 6.07) is 0. The van der Waals surface area contributed by atoms with Gasteiger partial charge in [-0.3, -0.25) is 0 Å². The third-order valence-electron chi connectivity index (χ3n) is 1.96. The van der Waals surface area contributed by atoms with E-state index in [1.807, 2.05) is 7.05 Å². The van der Waals surface area contributed by atoms with Gasteiger partial charge in [0.15, 0.2) is 0 Å². The minimum atomic E-state index is -1.82. The monoisotopic (exact) mass is 233 g/mol. The highest BCUT2D eigenvalue weighted by atomic mass is 16.4. The Hall–Kier alpha value is -1.10. The molecule has 0 heterocycles. The van der Waals surface area contributed by atoms with Crippen LogP contribution in [0.4, 0.5) is 0 Å². The fourth-order valence-corrected chi connectivity index (χ4v) is 1.08. The molecule has 16 heavy (non-hydrogen) atoms. The van der Waals surface area contributed by atoms with Gasteiger partial charge in [-0.2, -0.15) is 0 Å². The molecule has 5 nitrogen and oxygen atoms in total. The zero-order chi connectivity index (χ0) is 12.8. The van der Waals surface area contributed by atoms with Crippen molar-refractivity contribution in [2.45, 2.75) is 45.4 Å². The first-order valence-corrected chi connectivity index (χ1v) is 5.67. The Morgan fingerprint density at radius 3 is 1.75 bits per heavy atom. The fourth-order valence-electron chi connectivity index (χ4n) is 1.08. The van der Waals surface area contributed by atoms with Gasteiger partial charge < -0.3 is 15.5 Å². The molecule has 0 aliphatic rings. The SMILES string of the molecule is CCCCCCCCNC.O=C(O)C(=O)O. The third-order valence-corrected chi connectivity index (χ3v) is 1.96. The van der Waals surface area contributed by atoms with Crippen LogP contribution in [-0.2, 0) is 9.59 Å². The van der Waals surface area contributed by atoms with Crippen LogP contribution in [0.3, 0.4) is 0 Å². The van der Waals surface area contributed by atoms with Crippen molar-refractivity contribution in [3.63, 3.8) is 0 Å². The van der Waals surface area contributed by atoms with E-state index in [-0.39, 0.29) is 0 Å². The van der Waals surface area contributed by atoms with Crippen molar-refractivity contribution in [2.75, 3.05) is 13.6 Å². The molecule has 3 N–H and O–H groups in total. The Bertz CT molecular complexity index is 163. The molecule has 0 aromatic heterocycles. The van der Waals surface area contributed by atoms with E-state index >= 15 is 0 Å². The second kappa shape index (κ2) is 13.9. The number of carbonyl (C=O) groups is 2. The van der Waals surface area contributed by atoms with Crippen molar-refractivity contribution in [2.24, 2.45) is 0 Å². The van der Waals surface area contributed by atoms with E-state index < -0.39 is 11.9 Å². The molecular weight excluding hydrogens is 210 g/mol. The van der Waals surface area contributed by atoms with Crippen LogP contribution in [0.1, 0.15) is 45.4 Å². The van der Waals surface area contributed by atoms with E-state index in [1.165, 1.54) is 45.1 Å². The molecule has 0 aromatic rings. The topological polar surface area (TPSA) is 86.6 Å². The molecule has 0 amide bonds. The highest BCUT2D eigenvalue weighted by Crippen LogP contribution is 2.03. The molecule has 5 heteroatoms. The number of carboxylic acid groups (broad SMARTS) is 2. The highest BCUT2D eigenvalue weighted by Gasteiger charge is 2.04. The summed E-state index contributed by atoms with van der Waals surface area (Å²) in [6.45, 7) is 3.44. The molecule has 0 saturated heterocycles. The normalized spacial score (nSPS) is 9.12. The Labute approximate surface area is 96.9 Å². The smallest absolute Gasteiger partial charge is 0.414 e. The van der Waals surface area contributed by atoms with Gasteiger partial charge in [-0.15, -0.1) is 0 Å². The number of hydrogen-bond donors (Lipinski definition) is 3. The summed E-state index contributed by atoms with van der Waals surface area (Å²) in [5.74, 6) is -3.65. The lowest BCUT2D eigenvalue weighted by Gasteiger charge is -1.98. The Morgan fingerprint density at radius 2 is 1.38 bits per heavy atom. The van der Waals surface area contributed by atoms with Crippen LogP contribution in [0.15, 0.2) is 0 Å². The van der Waals surface area contributed by atoms with Gasteiger partial charge in [-0.05, 0) is 20.0 Å². The van der Waals surface area contributed by atoms with Crippen LogP contribution in [0.25, 0.3) is 0 Å². The molecule has 0 atom stereocenters. The molecule has 96 valence electrons. The van der Waals surface area contributed by atoms with Gasteiger partial charge in [0.1, 0.15) is 0 Å². The maximum Gasteiger partial charge on any atom is 0.414 e. The first kappa shape index (κ1) is 17.3. The summed E-state index contributed by atoms with van der Waals surface area (Å²) in [5.41, 5.74) is 0. The minimum absolute atomic E-state index is 1.19. The molecule has 0 unspecified atom stereocenters. The molecule has 0 aromatic carbocycles. The van der Waals surface area contributed by atoms with Gasteiger partial charge in [0.2, 0.25) is 0 Å². The summed E-state index contributed by atoms with van der Waals surface area (Å²) in [5, 5.41) is 17.9. The van der Waals surface area contributed by atoms with Crippen LogP contribution in [0.5, 0.6) is 0 Å².